The summed E-state index contributed by atoms with van der Waals surface area (Å²) in [5, 5.41) is 23.5. The summed E-state index contributed by atoms with van der Waals surface area (Å²) < 4.78 is 4.66. The zero-order valence-corrected chi connectivity index (χ0v) is 14.8. The lowest BCUT2D eigenvalue weighted by Crippen LogP contribution is -2.44. The first kappa shape index (κ1) is 19.9. The van der Waals surface area contributed by atoms with Crippen molar-refractivity contribution in [3.63, 3.8) is 0 Å². The first-order valence-corrected chi connectivity index (χ1v) is 8.47. The van der Waals surface area contributed by atoms with Crippen LogP contribution in [0.5, 0.6) is 0 Å². The predicted molar refractivity (Wildman–Crippen MR) is 93.8 cm³/mol. The van der Waals surface area contributed by atoms with Gasteiger partial charge >= 0.3 is 5.97 Å². The summed E-state index contributed by atoms with van der Waals surface area (Å²) in [6.07, 6.45) is 0. The quantitative estimate of drug-likeness (QED) is 0.307. The maximum Gasteiger partial charge on any atom is 0.319 e. The summed E-state index contributed by atoms with van der Waals surface area (Å²) in [6, 6.07) is 7.38. The molecule has 0 saturated carbocycles. The van der Waals surface area contributed by atoms with Crippen molar-refractivity contribution in [2.75, 3.05) is 12.9 Å². The molecule has 0 fully saturated rings. The average molecular weight is 390 g/mol. The van der Waals surface area contributed by atoms with E-state index >= 15 is 0 Å². The highest BCUT2D eigenvalue weighted by Crippen LogP contribution is 2.43. The summed E-state index contributed by atoms with van der Waals surface area (Å²) in [5.74, 6) is -5.39. The Morgan fingerprint density at radius 2 is 2.11 bits per heavy atom. The number of esters is 1. The SMILES string of the molecule is COC(=O)[C@H]1C(=O)NC(SCC(N)=O)=C(C#N)[C@@H]1c1ccccc1[N+](=O)[O-]. The molecule has 2 atom stereocenters. The maximum atomic E-state index is 12.5. The highest BCUT2D eigenvalue weighted by atomic mass is 32.2. The number of nitriles is 1. The van der Waals surface area contributed by atoms with Crippen LogP contribution in [-0.4, -0.2) is 35.6 Å². The number of hydrogen-bond acceptors (Lipinski definition) is 8. The number of carbonyl (C=O) groups excluding carboxylic acids is 3. The molecule has 0 bridgehead atoms. The number of nitro groups is 1. The number of nitrogens with one attached hydrogen (secondary N) is 1. The van der Waals surface area contributed by atoms with E-state index in [0.29, 0.717) is 0 Å². The van der Waals surface area contributed by atoms with Crippen molar-refractivity contribution in [3.05, 3.63) is 50.5 Å². The number of allylic oxidation sites excluding steroid dienone is 1. The molecule has 0 saturated heterocycles. The Labute approximate surface area is 157 Å². The number of ether oxygens (including phenoxy) is 1. The van der Waals surface area contributed by atoms with E-state index in [1.807, 2.05) is 6.07 Å². The van der Waals surface area contributed by atoms with Crippen LogP contribution in [0.3, 0.4) is 0 Å². The van der Waals surface area contributed by atoms with Crippen LogP contribution in [0.25, 0.3) is 0 Å². The zero-order chi connectivity index (χ0) is 20.1. The van der Waals surface area contributed by atoms with Crippen LogP contribution in [0.1, 0.15) is 11.5 Å². The average Bonchev–Trinajstić information content (AvgIpc) is 2.64. The van der Waals surface area contributed by atoms with Crippen molar-refractivity contribution in [2.45, 2.75) is 5.92 Å². The van der Waals surface area contributed by atoms with Gasteiger partial charge < -0.3 is 15.8 Å². The lowest BCUT2D eigenvalue weighted by molar-refractivity contribution is -0.385. The molecule has 3 N–H and O–H groups in total. The van der Waals surface area contributed by atoms with Gasteiger partial charge in [0, 0.05) is 11.6 Å². The molecule has 2 amide bonds. The normalized spacial score (nSPS) is 19.0. The molecule has 0 unspecified atom stereocenters. The molecule has 0 spiro atoms. The monoisotopic (exact) mass is 390 g/mol. The van der Waals surface area contributed by atoms with Crippen LogP contribution in [0.2, 0.25) is 0 Å². The fourth-order valence-corrected chi connectivity index (χ4v) is 3.50. The van der Waals surface area contributed by atoms with Gasteiger partial charge in [0.25, 0.3) is 5.69 Å². The second kappa shape index (κ2) is 8.33. The fraction of sp³-hybridized carbons (Fsp3) is 0.250. The number of hydrogen-bond donors (Lipinski definition) is 2. The fourth-order valence-electron chi connectivity index (χ4n) is 2.72. The topological polar surface area (TPSA) is 165 Å². The van der Waals surface area contributed by atoms with Crippen molar-refractivity contribution >= 4 is 35.2 Å². The van der Waals surface area contributed by atoms with Gasteiger partial charge in [0.1, 0.15) is 5.92 Å². The number of amides is 2. The van der Waals surface area contributed by atoms with E-state index < -0.39 is 34.5 Å². The molecule has 1 aliphatic rings. The summed E-state index contributed by atoms with van der Waals surface area (Å²) in [4.78, 5) is 46.5. The molecule has 10 nitrogen and oxygen atoms in total. The number of carbonyl (C=O) groups is 3. The third-order valence-corrected chi connectivity index (χ3v) is 4.85. The maximum absolute atomic E-state index is 12.5. The molecule has 1 aliphatic heterocycles. The van der Waals surface area contributed by atoms with Crippen LogP contribution in [0, 0.1) is 27.4 Å². The molecule has 0 aliphatic carbocycles. The van der Waals surface area contributed by atoms with Gasteiger partial charge in [-0.15, -0.1) is 0 Å². The third-order valence-electron chi connectivity index (χ3n) is 3.81. The second-order valence-corrected chi connectivity index (χ2v) is 6.38. The minimum Gasteiger partial charge on any atom is -0.468 e. The smallest absolute Gasteiger partial charge is 0.319 e. The van der Waals surface area contributed by atoms with Crippen LogP contribution in [0.4, 0.5) is 5.69 Å². The van der Waals surface area contributed by atoms with Crippen molar-refractivity contribution in [2.24, 2.45) is 11.7 Å². The lowest BCUT2D eigenvalue weighted by Gasteiger charge is -2.30. The molecule has 2 rings (SSSR count). The van der Waals surface area contributed by atoms with Gasteiger partial charge in [-0.1, -0.05) is 30.0 Å². The molecule has 11 heteroatoms. The Hall–Kier alpha value is -3.39. The van der Waals surface area contributed by atoms with Crippen LogP contribution in [0.15, 0.2) is 34.9 Å². The van der Waals surface area contributed by atoms with E-state index in [2.05, 4.69) is 10.1 Å². The zero-order valence-electron chi connectivity index (χ0n) is 14.0. The Bertz CT molecular complexity index is 891. The van der Waals surface area contributed by atoms with Gasteiger partial charge in [0.05, 0.1) is 40.4 Å². The van der Waals surface area contributed by atoms with Gasteiger partial charge in [0.2, 0.25) is 11.8 Å². The number of primary amides is 1. The van der Waals surface area contributed by atoms with E-state index in [1.165, 1.54) is 24.3 Å². The number of methoxy groups -OCH3 is 1. The predicted octanol–water partition coefficient (Wildman–Crippen LogP) is 0.551. The van der Waals surface area contributed by atoms with Gasteiger partial charge in [0.15, 0.2) is 0 Å². The Morgan fingerprint density at radius 1 is 1.44 bits per heavy atom. The van der Waals surface area contributed by atoms with Gasteiger partial charge in [-0.25, -0.2) is 0 Å². The Kier molecular flexibility index (Phi) is 6.15. The summed E-state index contributed by atoms with van der Waals surface area (Å²) in [6.45, 7) is 0. The molecule has 140 valence electrons. The number of nitro benzene ring substituents is 1. The van der Waals surface area contributed by atoms with E-state index in [4.69, 9.17) is 5.73 Å². The summed E-state index contributed by atoms with van der Waals surface area (Å²) in [7, 11) is 1.07. The van der Waals surface area contributed by atoms with Crippen LogP contribution >= 0.6 is 11.8 Å². The number of nitrogens with two attached hydrogens (primary N) is 1. The number of rotatable bonds is 6. The molecule has 27 heavy (non-hydrogen) atoms. The Morgan fingerprint density at radius 3 is 2.67 bits per heavy atom. The molecule has 0 radical (unpaired) electrons. The minimum absolute atomic E-state index is 0.0153. The number of nitrogens with zero attached hydrogens (tertiary/aromatic N) is 2. The number of benzene rings is 1. The first-order valence-electron chi connectivity index (χ1n) is 7.49. The molecule has 1 heterocycles. The number of para-hydroxylation sites is 1. The molecule has 1 aromatic rings. The van der Waals surface area contributed by atoms with E-state index in [-0.39, 0.29) is 27.6 Å². The van der Waals surface area contributed by atoms with Crippen molar-refractivity contribution < 1.29 is 24.0 Å². The second-order valence-electron chi connectivity index (χ2n) is 5.39. The highest BCUT2D eigenvalue weighted by Gasteiger charge is 2.46. The van der Waals surface area contributed by atoms with Gasteiger partial charge in [-0.2, -0.15) is 5.26 Å². The third kappa shape index (κ3) is 4.06. The Balaban J connectivity index is 2.71. The van der Waals surface area contributed by atoms with Crippen molar-refractivity contribution in [1.82, 2.24) is 5.32 Å². The lowest BCUT2D eigenvalue weighted by atomic mass is 9.78. The summed E-state index contributed by atoms with van der Waals surface area (Å²) in [5.41, 5.74) is 4.67. The van der Waals surface area contributed by atoms with E-state index in [1.54, 1.807) is 0 Å². The minimum atomic E-state index is -1.50. The molecular formula is C16H14N4O6S. The molecular weight excluding hydrogens is 376 g/mol. The standard InChI is InChI=1S/C16H14N4O6S/c1-26-16(23)13-12(8-4-2-3-5-10(8)20(24)25)9(6-17)15(19-14(13)22)27-7-11(18)21/h2-5,12-13H,7H2,1H3,(H2,18,21)(H,19,22)/t12-,13+/m0/s1. The van der Waals surface area contributed by atoms with Crippen molar-refractivity contribution in [3.8, 4) is 6.07 Å². The van der Waals surface area contributed by atoms with Crippen LogP contribution in [-0.2, 0) is 19.1 Å². The van der Waals surface area contributed by atoms with Gasteiger partial charge in [-0.3, -0.25) is 24.5 Å². The van der Waals surface area contributed by atoms with Gasteiger partial charge in [-0.05, 0) is 0 Å². The van der Waals surface area contributed by atoms with E-state index in [9.17, 15) is 29.8 Å². The molecule has 0 aromatic heterocycles. The number of thioether (sulfide) groups is 1. The van der Waals surface area contributed by atoms with Crippen LogP contribution < -0.4 is 11.1 Å². The largest absolute Gasteiger partial charge is 0.468 e. The molecule has 1 aromatic carbocycles. The highest BCUT2D eigenvalue weighted by molar-refractivity contribution is 8.03. The van der Waals surface area contributed by atoms with E-state index in [0.717, 1.165) is 18.9 Å². The van der Waals surface area contributed by atoms with Crippen molar-refractivity contribution in [1.29, 1.82) is 5.26 Å². The summed E-state index contributed by atoms with van der Waals surface area (Å²) >= 11 is 0.805. The first-order chi connectivity index (χ1) is 12.8.